The molecular formula is C12H19N5O. The highest BCUT2D eigenvalue weighted by Crippen LogP contribution is 2.19. The van der Waals surface area contributed by atoms with Gasteiger partial charge in [0, 0.05) is 33.2 Å². The first-order valence-electron chi connectivity index (χ1n) is 6.41. The van der Waals surface area contributed by atoms with Crippen molar-refractivity contribution in [1.29, 1.82) is 0 Å². The molecule has 1 aromatic rings. The summed E-state index contributed by atoms with van der Waals surface area (Å²) in [7, 11) is 1.93. The van der Waals surface area contributed by atoms with E-state index in [9.17, 15) is 4.79 Å². The second-order valence-corrected chi connectivity index (χ2v) is 5.12. The maximum Gasteiger partial charge on any atom is 0.320 e. The van der Waals surface area contributed by atoms with Crippen molar-refractivity contribution < 1.29 is 4.79 Å². The number of nitrogens with one attached hydrogen (secondary N) is 1. The van der Waals surface area contributed by atoms with Gasteiger partial charge in [0.1, 0.15) is 0 Å². The van der Waals surface area contributed by atoms with Crippen molar-refractivity contribution in [2.45, 2.75) is 19.5 Å². The van der Waals surface area contributed by atoms with Crippen molar-refractivity contribution in [2.75, 3.05) is 26.2 Å². The lowest BCUT2D eigenvalue weighted by Crippen LogP contribution is -2.49. The Kier molecular flexibility index (Phi) is 2.74. The predicted molar refractivity (Wildman–Crippen MR) is 67.1 cm³/mol. The van der Waals surface area contributed by atoms with E-state index in [1.54, 1.807) is 0 Å². The number of urea groups is 1. The quantitative estimate of drug-likeness (QED) is 0.799. The molecule has 1 N–H and O–H groups in total. The molecule has 0 aromatic carbocycles. The molecule has 3 rings (SSSR count). The summed E-state index contributed by atoms with van der Waals surface area (Å²) >= 11 is 0. The SMILES string of the molecule is Cc1cc(CN2CC3CNCCN3C2=O)n(C)n1. The average Bonchev–Trinajstić information content (AvgIpc) is 2.82. The molecule has 0 spiro atoms. The van der Waals surface area contributed by atoms with Crippen molar-refractivity contribution in [2.24, 2.45) is 7.05 Å². The fourth-order valence-corrected chi connectivity index (χ4v) is 2.83. The van der Waals surface area contributed by atoms with Crippen molar-refractivity contribution in [3.63, 3.8) is 0 Å². The summed E-state index contributed by atoms with van der Waals surface area (Å²) in [4.78, 5) is 16.2. The number of carbonyl (C=O) groups excluding carboxylic acids is 1. The lowest BCUT2D eigenvalue weighted by atomic mass is 10.2. The molecule has 6 nitrogen and oxygen atoms in total. The molecule has 0 saturated carbocycles. The van der Waals surface area contributed by atoms with Crippen molar-refractivity contribution in [1.82, 2.24) is 24.9 Å². The van der Waals surface area contributed by atoms with Crippen LogP contribution in [-0.2, 0) is 13.6 Å². The molecule has 2 amide bonds. The van der Waals surface area contributed by atoms with Crippen LogP contribution in [0.25, 0.3) is 0 Å². The highest BCUT2D eigenvalue weighted by molar-refractivity contribution is 5.77. The molecule has 3 heterocycles. The number of amides is 2. The van der Waals surface area contributed by atoms with E-state index >= 15 is 0 Å². The van der Waals surface area contributed by atoms with Gasteiger partial charge in [0.2, 0.25) is 0 Å². The Morgan fingerprint density at radius 1 is 1.56 bits per heavy atom. The lowest BCUT2D eigenvalue weighted by molar-refractivity contribution is 0.177. The number of aryl methyl sites for hydroxylation is 2. The fraction of sp³-hybridized carbons (Fsp3) is 0.667. The second-order valence-electron chi connectivity index (χ2n) is 5.12. The molecule has 0 radical (unpaired) electrons. The van der Waals surface area contributed by atoms with Crippen LogP contribution in [-0.4, -0.2) is 57.8 Å². The number of piperazine rings is 1. The minimum atomic E-state index is 0.167. The van der Waals surface area contributed by atoms with E-state index in [1.807, 2.05) is 34.5 Å². The van der Waals surface area contributed by atoms with Gasteiger partial charge in [-0.2, -0.15) is 5.10 Å². The summed E-state index contributed by atoms with van der Waals surface area (Å²) < 4.78 is 1.86. The third-order valence-corrected chi connectivity index (χ3v) is 3.75. The predicted octanol–water partition coefficient (Wildman–Crippen LogP) is -0.0621. The Morgan fingerprint density at radius 2 is 2.39 bits per heavy atom. The molecule has 2 aliphatic rings. The third-order valence-electron chi connectivity index (χ3n) is 3.75. The molecule has 18 heavy (non-hydrogen) atoms. The summed E-state index contributed by atoms with van der Waals surface area (Å²) in [6.07, 6.45) is 0. The van der Waals surface area contributed by atoms with Crippen LogP contribution in [0, 0.1) is 6.92 Å². The van der Waals surface area contributed by atoms with Crippen LogP contribution < -0.4 is 5.32 Å². The number of carbonyl (C=O) groups is 1. The third kappa shape index (κ3) is 1.86. The van der Waals surface area contributed by atoms with E-state index in [2.05, 4.69) is 10.4 Å². The van der Waals surface area contributed by atoms with Crippen LogP contribution >= 0.6 is 0 Å². The summed E-state index contributed by atoms with van der Waals surface area (Å²) in [6, 6.07) is 2.55. The maximum absolute atomic E-state index is 12.3. The van der Waals surface area contributed by atoms with Gasteiger partial charge in [0.25, 0.3) is 0 Å². The topological polar surface area (TPSA) is 53.4 Å². The van der Waals surface area contributed by atoms with Gasteiger partial charge in [-0.05, 0) is 13.0 Å². The molecule has 0 bridgehead atoms. The van der Waals surface area contributed by atoms with Gasteiger partial charge in [0.05, 0.1) is 24.0 Å². The number of rotatable bonds is 2. The van der Waals surface area contributed by atoms with E-state index in [1.165, 1.54) is 0 Å². The standard InChI is InChI=1S/C12H19N5O/c1-9-5-10(15(2)14-9)7-16-8-11-6-13-3-4-17(11)12(16)18/h5,11,13H,3-4,6-8H2,1-2H3. The minimum absolute atomic E-state index is 0.167. The molecule has 1 aromatic heterocycles. The molecule has 2 fully saturated rings. The van der Waals surface area contributed by atoms with E-state index in [0.717, 1.165) is 37.6 Å². The number of aromatic nitrogens is 2. The van der Waals surface area contributed by atoms with Crippen molar-refractivity contribution in [3.05, 3.63) is 17.5 Å². The molecular weight excluding hydrogens is 230 g/mol. The minimum Gasteiger partial charge on any atom is -0.317 e. The van der Waals surface area contributed by atoms with Crippen molar-refractivity contribution >= 4 is 6.03 Å². The average molecular weight is 249 g/mol. The van der Waals surface area contributed by atoms with Crippen LogP contribution in [0.2, 0.25) is 0 Å². The zero-order valence-electron chi connectivity index (χ0n) is 10.9. The monoisotopic (exact) mass is 249 g/mol. The van der Waals surface area contributed by atoms with E-state index < -0.39 is 0 Å². The molecule has 1 atom stereocenters. The number of nitrogens with zero attached hydrogens (tertiary/aromatic N) is 4. The molecule has 1 unspecified atom stereocenters. The zero-order chi connectivity index (χ0) is 12.7. The Labute approximate surface area is 107 Å². The van der Waals surface area contributed by atoms with Gasteiger partial charge in [-0.3, -0.25) is 4.68 Å². The first kappa shape index (κ1) is 11.5. The van der Waals surface area contributed by atoms with E-state index in [4.69, 9.17) is 0 Å². The summed E-state index contributed by atoms with van der Waals surface area (Å²) in [6.45, 7) is 6.08. The maximum atomic E-state index is 12.3. The smallest absolute Gasteiger partial charge is 0.317 e. The van der Waals surface area contributed by atoms with Crippen LogP contribution in [0.5, 0.6) is 0 Å². The Bertz CT molecular complexity index is 469. The second kappa shape index (κ2) is 4.28. The van der Waals surface area contributed by atoms with Crippen molar-refractivity contribution in [3.8, 4) is 0 Å². The largest absolute Gasteiger partial charge is 0.320 e. The van der Waals surface area contributed by atoms with Crippen LogP contribution in [0.15, 0.2) is 6.07 Å². The van der Waals surface area contributed by atoms with Crippen LogP contribution in [0.1, 0.15) is 11.4 Å². The van der Waals surface area contributed by atoms with E-state index in [0.29, 0.717) is 12.6 Å². The van der Waals surface area contributed by atoms with Crippen LogP contribution in [0.4, 0.5) is 4.79 Å². The van der Waals surface area contributed by atoms with Crippen LogP contribution in [0.3, 0.4) is 0 Å². The fourth-order valence-electron chi connectivity index (χ4n) is 2.83. The Hall–Kier alpha value is -1.56. The highest BCUT2D eigenvalue weighted by atomic mass is 16.2. The molecule has 0 aliphatic carbocycles. The molecule has 6 heteroatoms. The molecule has 2 saturated heterocycles. The number of fused-ring (bicyclic) bond motifs is 1. The normalized spacial score (nSPS) is 23.7. The van der Waals surface area contributed by atoms with Gasteiger partial charge in [-0.25, -0.2) is 4.79 Å². The number of hydrogen-bond acceptors (Lipinski definition) is 3. The first-order valence-corrected chi connectivity index (χ1v) is 6.41. The number of hydrogen-bond donors (Lipinski definition) is 1. The molecule has 98 valence electrons. The molecule has 2 aliphatic heterocycles. The lowest BCUT2D eigenvalue weighted by Gasteiger charge is -2.28. The summed E-state index contributed by atoms with van der Waals surface area (Å²) in [5.74, 6) is 0. The van der Waals surface area contributed by atoms with E-state index in [-0.39, 0.29) is 6.03 Å². The van der Waals surface area contributed by atoms with Gasteiger partial charge in [-0.1, -0.05) is 0 Å². The zero-order valence-corrected chi connectivity index (χ0v) is 10.9. The summed E-state index contributed by atoms with van der Waals surface area (Å²) in [5.41, 5.74) is 2.09. The first-order chi connectivity index (χ1) is 8.65. The van der Waals surface area contributed by atoms with Gasteiger partial charge < -0.3 is 15.1 Å². The highest BCUT2D eigenvalue weighted by Gasteiger charge is 2.38. The Morgan fingerprint density at radius 3 is 3.06 bits per heavy atom. The Balaban J connectivity index is 1.74. The van der Waals surface area contributed by atoms with Gasteiger partial charge >= 0.3 is 6.03 Å². The summed E-state index contributed by atoms with van der Waals surface area (Å²) in [5, 5.41) is 7.66. The van der Waals surface area contributed by atoms with Gasteiger partial charge in [-0.15, -0.1) is 0 Å². The van der Waals surface area contributed by atoms with Gasteiger partial charge in [0.15, 0.2) is 0 Å².